The molecule has 0 aromatic heterocycles. The number of ether oxygens (including phenoxy) is 2. The van der Waals surface area contributed by atoms with Gasteiger partial charge in [0.1, 0.15) is 0 Å². The van der Waals surface area contributed by atoms with E-state index in [0.29, 0.717) is 12.8 Å². The summed E-state index contributed by atoms with van der Waals surface area (Å²) in [7, 11) is 3.02. The van der Waals surface area contributed by atoms with Gasteiger partial charge < -0.3 is 20.1 Å². The Balaban J connectivity index is 1.13. The van der Waals surface area contributed by atoms with Crippen molar-refractivity contribution in [1.82, 2.24) is 9.80 Å². The number of anilines is 2. The van der Waals surface area contributed by atoms with E-state index in [1.807, 2.05) is 0 Å². The van der Waals surface area contributed by atoms with Gasteiger partial charge in [0.05, 0.1) is 42.2 Å². The molecule has 0 amide bonds. The van der Waals surface area contributed by atoms with Gasteiger partial charge in [-0.3, -0.25) is 9.80 Å². The summed E-state index contributed by atoms with van der Waals surface area (Å²) < 4.78 is 10.9. The summed E-state index contributed by atoms with van der Waals surface area (Å²) in [5.41, 5.74) is 9.03. The molecule has 7 atom stereocenters. The number of esters is 2. The lowest BCUT2D eigenvalue weighted by molar-refractivity contribution is -0.137. The van der Waals surface area contributed by atoms with Gasteiger partial charge in [-0.15, -0.1) is 0 Å². The second kappa shape index (κ2) is 10.2. The lowest BCUT2D eigenvalue weighted by Crippen LogP contribution is -2.63. The SMILES string of the molecule is CC[C@]12C=C([C@H]3C=C[C@@]4(CC)CC(C(=O)OC)=C5Nc6ccccc6[C@@]56CCN3[C@@H]46)CN3CC[C@]4(C(=C(C(=O)OC)C1)Nc1ccccc14)[C@@H]32. The molecule has 50 heavy (non-hydrogen) atoms. The third-order valence-corrected chi connectivity index (χ3v) is 14.5. The third kappa shape index (κ3) is 3.45. The molecular formula is C42H46N4O4. The molecule has 2 spiro atoms. The minimum atomic E-state index is -0.310. The fourth-order valence-electron chi connectivity index (χ4n) is 12.7. The van der Waals surface area contributed by atoms with E-state index in [1.165, 1.54) is 30.9 Å². The smallest absolute Gasteiger partial charge is 0.335 e. The number of nitrogens with one attached hydrogen (secondary N) is 2. The van der Waals surface area contributed by atoms with E-state index in [9.17, 15) is 9.59 Å². The van der Waals surface area contributed by atoms with Crippen LogP contribution < -0.4 is 10.6 Å². The van der Waals surface area contributed by atoms with Gasteiger partial charge in [-0.05, 0) is 67.4 Å². The van der Waals surface area contributed by atoms with Crippen LogP contribution in [-0.2, 0) is 29.9 Å². The van der Waals surface area contributed by atoms with E-state index in [0.717, 1.165) is 79.2 Å². The highest BCUT2D eigenvalue weighted by atomic mass is 16.5. The number of nitrogens with zero attached hydrogens (tertiary/aromatic N) is 2. The summed E-state index contributed by atoms with van der Waals surface area (Å²) in [4.78, 5) is 32.7. The van der Waals surface area contributed by atoms with Crippen molar-refractivity contribution < 1.29 is 19.1 Å². The average molecular weight is 671 g/mol. The molecule has 0 unspecified atom stereocenters. The summed E-state index contributed by atoms with van der Waals surface area (Å²) in [5, 5.41) is 7.51. The maximum absolute atomic E-state index is 13.7. The topological polar surface area (TPSA) is 83.1 Å². The predicted octanol–water partition coefficient (Wildman–Crippen LogP) is 6.19. The number of rotatable bonds is 5. The van der Waals surface area contributed by atoms with Crippen LogP contribution in [0.3, 0.4) is 0 Å². The molecule has 2 aromatic rings. The number of para-hydroxylation sites is 2. The van der Waals surface area contributed by atoms with Gasteiger partial charge in [-0.1, -0.05) is 68.5 Å². The first-order chi connectivity index (χ1) is 24.3. The van der Waals surface area contributed by atoms with Crippen LogP contribution in [0.2, 0.25) is 0 Å². The van der Waals surface area contributed by atoms with E-state index in [2.05, 4.69) is 101 Å². The summed E-state index contributed by atoms with van der Waals surface area (Å²) in [5.74, 6) is -0.435. The van der Waals surface area contributed by atoms with E-state index in [-0.39, 0.29) is 51.7 Å². The van der Waals surface area contributed by atoms with Crippen molar-refractivity contribution in [2.45, 2.75) is 81.3 Å². The van der Waals surface area contributed by atoms with Gasteiger partial charge in [0.25, 0.3) is 0 Å². The Kier molecular flexibility index (Phi) is 6.27. The maximum Gasteiger partial charge on any atom is 0.335 e. The van der Waals surface area contributed by atoms with Crippen LogP contribution in [-0.4, -0.2) is 73.7 Å². The number of carbonyl (C=O) groups excluding carboxylic acids is 2. The Labute approximate surface area is 294 Å². The molecule has 2 fully saturated rings. The van der Waals surface area contributed by atoms with Crippen molar-refractivity contribution in [3.05, 3.63) is 106 Å². The van der Waals surface area contributed by atoms with Crippen LogP contribution in [0.5, 0.6) is 0 Å². The summed E-state index contributed by atoms with van der Waals surface area (Å²) in [6, 6.07) is 17.9. The largest absolute Gasteiger partial charge is 0.466 e. The number of hydrogen-bond donors (Lipinski definition) is 2. The van der Waals surface area contributed by atoms with Gasteiger partial charge in [-0.25, -0.2) is 9.59 Å². The molecule has 2 saturated heterocycles. The van der Waals surface area contributed by atoms with Crippen LogP contribution in [0, 0.1) is 10.8 Å². The zero-order chi connectivity index (χ0) is 34.2. The summed E-state index contributed by atoms with van der Waals surface area (Å²) in [6.07, 6.45) is 12.7. The molecule has 0 radical (unpaired) electrons. The summed E-state index contributed by atoms with van der Waals surface area (Å²) in [6.45, 7) is 7.43. The number of methoxy groups -OCH3 is 2. The van der Waals surface area contributed by atoms with Crippen molar-refractivity contribution in [3.63, 3.8) is 0 Å². The van der Waals surface area contributed by atoms with Gasteiger partial charge in [0, 0.05) is 65.3 Å². The number of benzene rings is 2. The molecule has 2 aliphatic carbocycles. The Hall–Kier alpha value is -4.14. The Bertz CT molecular complexity index is 2010. The monoisotopic (exact) mass is 670 g/mol. The van der Waals surface area contributed by atoms with Crippen LogP contribution in [0.15, 0.2) is 94.9 Å². The van der Waals surface area contributed by atoms with Crippen LogP contribution in [0.1, 0.15) is 63.5 Å². The van der Waals surface area contributed by atoms with Crippen molar-refractivity contribution >= 4 is 23.3 Å². The first-order valence-electron chi connectivity index (χ1n) is 18.6. The minimum absolute atomic E-state index is 0.134. The molecule has 258 valence electrons. The first kappa shape index (κ1) is 30.7. The maximum atomic E-state index is 13.7. The highest BCUT2D eigenvalue weighted by Crippen LogP contribution is 2.67. The molecule has 0 saturated carbocycles. The zero-order valence-corrected chi connectivity index (χ0v) is 29.5. The van der Waals surface area contributed by atoms with Crippen molar-refractivity contribution in [1.29, 1.82) is 0 Å². The molecule has 8 aliphatic rings. The fraction of sp³-hybridized carbons (Fsp3) is 0.476. The molecule has 8 nitrogen and oxygen atoms in total. The van der Waals surface area contributed by atoms with Crippen molar-refractivity contribution in [2.75, 3.05) is 44.5 Å². The van der Waals surface area contributed by atoms with E-state index >= 15 is 0 Å². The fourth-order valence-corrected chi connectivity index (χ4v) is 12.7. The second-order valence-electron chi connectivity index (χ2n) is 16.0. The first-order valence-corrected chi connectivity index (χ1v) is 18.6. The number of fused-ring (bicyclic) bond motifs is 2. The summed E-state index contributed by atoms with van der Waals surface area (Å²) >= 11 is 0. The molecule has 6 heterocycles. The normalized spacial score (nSPS) is 37.1. The van der Waals surface area contributed by atoms with Crippen molar-refractivity contribution in [3.8, 4) is 0 Å². The zero-order valence-electron chi connectivity index (χ0n) is 29.5. The average Bonchev–Trinajstić information content (AvgIpc) is 3.93. The minimum Gasteiger partial charge on any atom is -0.466 e. The molecule has 10 rings (SSSR count). The second-order valence-corrected chi connectivity index (χ2v) is 16.0. The highest BCUT2D eigenvalue weighted by Gasteiger charge is 2.69. The Morgan fingerprint density at radius 3 is 1.94 bits per heavy atom. The van der Waals surface area contributed by atoms with E-state index in [4.69, 9.17) is 9.47 Å². The molecular weight excluding hydrogens is 624 g/mol. The Morgan fingerprint density at radius 2 is 1.34 bits per heavy atom. The van der Waals surface area contributed by atoms with Gasteiger partial charge >= 0.3 is 11.9 Å². The third-order valence-electron chi connectivity index (χ3n) is 14.5. The molecule has 8 heteroatoms. The van der Waals surface area contributed by atoms with Crippen LogP contribution in [0.25, 0.3) is 0 Å². The molecule has 6 aliphatic heterocycles. The number of hydrogen-bond acceptors (Lipinski definition) is 8. The quantitative estimate of drug-likeness (QED) is 0.288. The lowest BCUT2D eigenvalue weighted by Gasteiger charge is -2.58. The lowest BCUT2D eigenvalue weighted by atomic mass is 9.53. The van der Waals surface area contributed by atoms with Gasteiger partial charge in [-0.2, -0.15) is 0 Å². The van der Waals surface area contributed by atoms with Gasteiger partial charge in [0.2, 0.25) is 0 Å². The van der Waals surface area contributed by atoms with Gasteiger partial charge in [0.15, 0.2) is 0 Å². The predicted molar refractivity (Wildman–Crippen MR) is 192 cm³/mol. The Morgan fingerprint density at radius 1 is 0.780 bits per heavy atom. The molecule has 0 bridgehead atoms. The highest BCUT2D eigenvalue weighted by molar-refractivity contribution is 5.94. The van der Waals surface area contributed by atoms with Crippen LogP contribution >= 0.6 is 0 Å². The molecule has 2 N–H and O–H groups in total. The van der Waals surface area contributed by atoms with E-state index < -0.39 is 0 Å². The van der Waals surface area contributed by atoms with Crippen LogP contribution in [0.4, 0.5) is 11.4 Å². The standard InChI is InChI=1S/C42H46N4O4/c1-5-39-16-15-32(46-20-18-42(38(39)46)29-12-8-10-14-31(29)44-34(42)26(22-39)35(47)49-3)25-21-40(6-2)23-27(36(48)50-4)33-41(17-19-45(24-25)37(40)41)28-11-7-9-13-30(28)43-33/h7-16,21,32,37-38,43-44H,5-6,17-20,22-24H2,1-4H3/t32-,37+,38+,39+,40+,41+,42+/m1/s1. The van der Waals surface area contributed by atoms with Crippen molar-refractivity contribution in [2.24, 2.45) is 10.8 Å². The van der Waals surface area contributed by atoms with E-state index in [1.54, 1.807) is 0 Å². The molecule has 2 aromatic carbocycles. The number of carbonyl (C=O) groups is 2.